The number of hydrogen-bond donors (Lipinski definition) is 3. The van der Waals surface area contributed by atoms with Crippen LogP contribution in [0, 0.1) is 5.82 Å². The maximum Gasteiger partial charge on any atom is 0.450 e. The zero-order valence-corrected chi connectivity index (χ0v) is 10.8. The molecule has 2 amide bonds. The first-order chi connectivity index (χ1) is 10.5. The Labute approximate surface area is 122 Å². The predicted molar refractivity (Wildman–Crippen MR) is 71.5 cm³/mol. The fourth-order valence-electron chi connectivity index (χ4n) is 1.59. The van der Waals surface area contributed by atoms with Crippen molar-refractivity contribution in [1.29, 1.82) is 0 Å². The molecule has 1 aromatic heterocycles. The van der Waals surface area contributed by atoms with Crippen molar-refractivity contribution >= 4 is 23.5 Å². The molecular formula is C13H9F2N3O4. The summed E-state index contributed by atoms with van der Waals surface area (Å²) in [4.78, 5) is 29.2. The molecule has 2 rings (SSSR count). The summed E-state index contributed by atoms with van der Waals surface area (Å²) in [7, 11) is 0. The van der Waals surface area contributed by atoms with E-state index in [1.807, 2.05) is 5.32 Å². The maximum absolute atomic E-state index is 13.6. The Morgan fingerprint density at radius 2 is 1.95 bits per heavy atom. The van der Waals surface area contributed by atoms with Crippen molar-refractivity contribution in [3.63, 3.8) is 0 Å². The van der Waals surface area contributed by atoms with E-state index >= 15 is 0 Å². The molecule has 1 aromatic carbocycles. The van der Waals surface area contributed by atoms with Crippen LogP contribution < -0.4 is 10.6 Å². The van der Waals surface area contributed by atoms with Crippen LogP contribution in [-0.4, -0.2) is 22.1 Å². The van der Waals surface area contributed by atoms with Crippen molar-refractivity contribution < 1.29 is 28.6 Å². The molecule has 0 unspecified atom stereocenters. The topological polar surface area (TPSA) is 101 Å². The summed E-state index contributed by atoms with van der Waals surface area (Å²) in [5.41, 5.74) is -0.103. The van der Waals surface area contributed by atoms with E-state index in [-0.39, 0.29) is 22.8 Å². The third-order valence-corrected chi connectivity index (χ3v) is 2.52. The Kier molecular flexibility index (Phi) is 4.47. The van der Waals surface area contributed by atoms with Gasteiger partial charge in [0.2, 0.25) is 0 Å². The molecule has 2 aromatic rings. The molecule has 1 heterocycles. The highest BCUT2D eigenvalue weighted by Crippen LogP contribution is 2.18. The predicted octanol–water partition coefficient (Wildman–Crippen LogP) is 2.61. The summed E-state index contributed by atoms with van der Waals surface area (Å²) in [5.74, 6) is -2.06. The maximum atomic E-state index is 13.6. The van der Waals surface area contributed by atoms with Gasteiger partial charge in [-0.1, -0.05) is 0 Å². The standard InChI is InChI=1S/C13H9F2N3O4/c14-10-6-8(19)1-2-9(10)12(20)17-7-3-4-16-11(5-7)18-13(21)22-15/h1-6,19H,(H2,16,17,18,20,21). The average Bonchev–Trinajstić information content (AvgIpc) is 2.47. The molecule has 22 heavy (non-hydrogen) atoms. The van der Waals surface area contributed by atoms with E-state index < -0.39 is 17.8 Å². The molecular weight excluding hydrogens is 300 g/mol. The zero-order valence-electron chi connectivity index (χ0n) is 10.8. The number of hydrogen-bond acceptors (Lipinski definition) is 5. The van der Waals surface area contributed by atoms with Gasteiger partial charge < -0.3 is 10.4 Å². The number of rotatable bonds is 3. The second-order valence-electron chi connectivity index (χ2n) is 4.04. The van der Waals surface area contributed by atoms with Gasteiger partial charge in [0.05, 0.1) is 5.56 Å². The largest absolute Gasteiger partial charge is 0.508 e. The fourth-order valence-corrected chi connectivity index (χ4v) is 1.59. The van der Waals surface area contributed by atoms with E-state index in [1.165, 1.54) is 18.3 Å². The number of phenols is 1. The normalized spacial score (nSPS) is 9.91. The lowest BCUT2D eigenvalue weighted by Crippen LogP contribution is -2.15. The molecule has 0 aliphatic rings. The van der Waals surface area contributed by atoms with Gasteiger partial charge in [-0.25, -0.2) is 19.1 Å². The number of aromatic hydroxyl groups is 1. The van der Waals surface area contributed by atoms with Gasteiger partial charge in [-0.2, -0.15) is 0 Å². The summed E-state index contributed by atoms with van der Waals surface area (Å²) in [6, 6.07) is 5.66. The number of anilines is 2. The molecule has 7 nitrogen and oxygen atoms in total. The molecule has 3 N–H and O–H groups in total. The third-order valence-electron chi connectivity index (χ3n) is 2.52. The van der Waals surface area contributed by atoms with Crippen LogP contribution in [0.5, 0.6) is 5.75 Å². The first-order valence-electron chi connectivity index (χ1n) is 5.85. The SMILES string of the molecule is O=C(Nc1cc(NC(=O)c2ccc(O)cc2F)ccn1)OF. The average molecular weight is 309 g/mol. The van der Waals surface area contributed by atoms with Crippen molar-refractivity contribution in [2.24, 2.45) is 0 Å². The molecule has 9 heteroatoms. The number of nitrogens with zero attached hydrogens (tertiary/aromatic N) is 1. The van der Waals surface area contributed by atoms with Crippen molar-refractivity contribution in [3.05, 3.63) is 47.9 Å². The summed E-state index contributed by atoms with van der Waals surface area (Å²) >= 11 is 0. The number of aromatic nitrogens is 1. The van der Waals surface area contributed by atoms with Crippen molar-refractivity contribution in [3.8, 4) is 5.75 Å². The molecule has 0 saturated carbocycles. The van der Waals surface area contributed by atoms with E-state index in [9.17, 15) is 18.5 Å². The van der Waals surface area contributed by atoms with E-state index in [0.29, 0.717) is 0 Å². The molecule has 0 spiro atoms. The van der Waals surface area contributed by atoms with Gasteiger partial charge in [0.1, 0.15) is 17.4 Å². The van der Waals surface area contributed by atoms with Crippen LogP contribution in [0.3, 0.4) is 0 Å². The highest BCUT2D eigenvalue weighted by Gasteiger charge is 2.13. The molecule has 0 bridgehead atoms. The Bertz CT molecular complexity index is 724. The molecule has 0 radical (unpaired) electrons. The van der Waals surface area contributed by atoms with E-state index in [1.54, 1.807) is 0 Å². The Balaban J connectivity index is 2.14. The van der Waals surface area contributed by atoms with E-state index in [2.05, 4.69) is 15.2 Å². The Morgan fingerprint density at radius 1 is 1.18 bits per heavy atom. The smallest absolute Gasteiger partial charge is 0.450 e. The highest BCUT2D eigenvalue weighted by molar-refractivity contribution is 6.04. The van der Waals surface area contributed by atoms with Crippen molar-refractivity contribution in [2.45, 2.75) is 0 Å². The Hall–Kier alpha value is -3.23. The second kappa shape index (κ2) is 6.48. The van der Waals surface area contributed by atoms with E-state index in [4.69, 9.17) is 5.11 Å². The van der Waals surface area contributed by atoms with Crippen LogP contribution in [0.4, 0.5) is 25.2 Å². The van der Waals surface area contributed by atoms with Crippen molar-refractivity contribution in [2.75, 3.05) is 10.6 Å². The highest BCUT2D eigenvalue weighted by atomic mass is 19.3. The number of carbonyl (C=O) groups is 2. The molecule has 0 atom stereocenters. The number of phenolic OH excluding ortho intramolecular Hbond substituents is 1. The minimum Gasteiger partial charge on any atom is -0.508 e. The van der Waals surface area contributed by atoms with Gasteiger partial charge in [-0.15, -0.1) is 0 Å². The van der Waals surface area contributed by atoms with Gasteiger partial charge >= 0.3 is 6.09 Å². The van der Waals surface area contributed by atoms with Crippen LogP contribution in [0.15, 0.2) is 36.5 Å². The van der Waals surface area contributed by atoms with Crippen molar-refractivity contribution in [1.82, 2.24) is 4.98 Å². The number of carbonyl (C=O) groups excluding carboxylic acids is 2. The molecule has 0 fully saturated rings. The molecule has 0 aliphatic carbocycles. The number of benzene rings is 1. The van der Waals surface area contributed by atoms with Gasteiger partial charge in [0, 0.05) is 28.5 Å². The lowest BCUT2D eigenvalue weighted by Gasteiger charge is -2.07. The zero-order chi connectivity index (χ0) is 16.1. The number of amides is 2. The Morgan fingerprint density at radius 3 is 2.64 bits per heavy atom. The molecule has 0 aliphatic heterocycles. The van der Waals surface area contributed by atoms with Crippen LogP contribution in [0.2, 0.25) is 0 Å². The first kappa shape index (κ1) is 15.2. The third kappa shape index (κ3) is 3.66. The number of nitrogens with one attached hydrogen (secondary N) is 2. The first-order valence-corrected chi connectivity index (χ1v) is 5.85. The minimum atomic E-state index is -1.37. The van der Waals surface area contributed by atoms with Crippen LogP contribution >= 0.6 is 0 Å². The minimum absolute atomic E-state index is 0.0772. The number of pyridine rings is 1. The van der Waals surface area contributed by atoms with Gasteiger partial charge in [-0.05, 0) is 18.2 Å². The lowest BCUT2D eigenvalue weighted by molar-refractivity contribution is -0.0544. The lowest BCUT2D eigenvalue weighted by atomic mass is 10.2. The molecule has 0 saturated heterocycles. The van der Waals surface area contributed by atoms with Gasteiger partial charge in [0.15, 0.2) is 0 Å². The van der Waals surface area contributed by atoms with Gasteiger partial charge in [0.25, 0.3) is 5.91 Å². The fraction of sp³-hybridized carbons (Fsp3) is 0. The summed E-state index contributed by atoms with van der Waals surface area (Å²) in [5, 5.41) is 13.4. The quantitative estimate of drug-likeness (QED) is 0.809. The summed E-state index contributed by atoms with van der Waals surface area (Å²) in [6.07, 6.45) is -0.142. The van der Waals surface area contributed by atoms with Crippen LogP contribution in [0.25, 0.3) is 0 Å². The number of halogens is 2. The van der Waals surface area contributed by atoms with Crippen LogP contribution in [-0.2, 0) is 4.94 Å². The van der Waals surface area contributed by atoms with E-state index in [0.717, 1.165) is 18.2 Å². The monoisotopic (exact) mass is 309 g/mol. The molecule has 114 valence electrons. The summed E-state index contributed by atoms with van der Waals surface area (Å²) in [6.45, 7) is 0. The second-order valence-corrected chi connectivity index (χ2v) is 4.04. The van der Waals surface area contributed by atoms with Gasteiger partial charge in [-0.3, -0.25) is 10.1 Å². The van der Waals surface area contributed by atoms with Crippen LogP contribution in [0.1, 0.15) is 10.4 Å². The summed E-state index contributed by atoms with van der Waals surface area (Å²) < 4.78 is 25.2.